The Morgan fingerprint density at radius 2 is 2.45 bits per heavy atom. The molecule has 2 unspecified atom stereocenters. The third kappa shape index (κ3) is 2.01. The Balaban J connectivity index is 2.34. The first-order valence-corrected chi connectivity index (χ1v) is 4.00. The summed E-state index contributed by atoms with van der Waals surface area (Å²) in [5.74, 6) is 0. The van der Waals surface area contributed by atoms with Crippen LogP contribution in [0.3, 0.4) is 0 Å². The lowest BCUT2D eigenvalue weighted by Crippen LogP contribution is -2.32. The number of likely N-dealkylation sites (tertiary alicyclic amines) is 1. The minimum absolute atomic E-state index is 0.0511. The molecule has 1 heterocycles. The molecular formula is C8H15NO2. The van der Waals surface area contributed by atoms with Crippen LogP contribution in [0, 0.1) is 0 Å². The predicted molar refractivity (Wildman–Crippen MR) is 42.5 cm³/mol. The normalized spacial score (nSPS) is 28.7. The van der Waals surface area contributed by atoms with Gasteiger partial charge in [0.15, 0.2) is 0 Å². The zero-order chi connectivity index (χ0) is 8.27. The standard InChI is InChI=1S/C8H15NO2/c1-7(6-10)9-4-3-8(5-9)11-2/h6-8H,3-5H2,1-2H3. The number of carbonyl (C=O) groups excluding carboxylic acids is 1. The van der Waals surface area contributed by atoms with Crippen molar-refractivity contribution in [3.63, 3.8) is 0 Å². The van der Waals surface area contributed by atoms with Gasteiger partial charge in [0.25, 0.3) is 0 Å². The summed E-state index contributed by atoms with van der Waals surface area (Å²) in [7, 11) is 1.72. The fourth-order valence-corrected chi connectivity index (χ4v) is 1.40. The molecule has 0 amide bonds. The van der Waals surface area contributed by atoms with Gasteiger partial charge in [0.2, 0.25) is 0 Å². The number of hydrogen-bond donors (Lipinski definition) is 0. The Morgan fingerprint density at radius 1 is 1.73 bits per heavy atom. The Labute approximate surface area is 67.3 Å². The van der Waals surface area contributed by atoms with Gasteiger partial charge < -0.3 is 9.53 Å². The second-order valence-electron chi connectivity index (χ2n) is 3.02. The second-order valence-corrected chi connectivity index (χ2v) is 3.02. The fraction of sp³-hybridized carbons (Fsp3) is 0.875. The maximum Gasteiger partial charge on any atom is 0.136 e. The molecule has 0 aromatic rings. The lowest BCUT2D eigenvalue weighted by Gasteiger charge is -2.18. The summed E-state index contributed by atoms with van der Waals surface area (Å²) >= 11 is 0. The van der Waals surface area contributed by atoms with Crippen LogP contribution in [0.5, 0.6) is 0 Å². The van der Waals surface area contributed by atoms with Crippen LogP contribution in [-0.4, -0.2) is 43.5 Å². The summed E-state index contributed by atoms with van der Waals surface area (Å²) in [5.41, 5.74) is 0. The second kappa shape index (κ2) is 3.83. The maximum absolute atomic E-state index is 10.4. The molecule has 0 saturated carbocycles. The van der Waals surface area contributed by atoms with Gasteiger partial charge in [0.1, 0.15) is 6.29 Å². The molecule has 1 aliphatic rings. The van der Waals surface area contributed by atoms with Gasteiger partial charge >= 0.3 is 0 Å². The van der Waals surface area contributed by atoms with E-state index in [0.29, 0.717) is 6.10 Å². The van der Waals surface area contributed by atoms with E-state index >= 15 is 0 Å². The Morgan fingerprint density at radius 3 is 2.91 bits per heavy atom. The highest BCUT2D eigenvalue weighted by molar-refractivity contribution is 5.56. The van der Waals surface area contributed by atoms with Crippen LogP contribution in [0.15, 0.2) is 0 Å². The largest absolute Gasteiger partial charge is 0.380 e. The highest BCUT2D eigenvalue weighted by Crippen LogP contribution is 2.13. The molecule has 1 aliphatic heterocycles. The summed E-state index contributed by atoms with van der Waals surface area (Å²) in [6.45, 7) is 3.81. The number of carbonyl (C=O) groups is 1. The van der Waals surface area contributed by atoms with Crippen LogP contribution in [-0.2, 0) is 9.53 Å². The van der Waals surface area contributed by atoms with E-state index in [9.17, 15) is 4.79 Å². The monoisotopic (exact) mass is 157 g/mol. The van der Waals surface area contributed by atoms with Crippen molar-refractivity contribution in [2.45, 2.75) is 25.5 Å². The van der Waals surface area contributed by atoms with E-state index in [4.69, 9.17) is 4.74 Å². The van der Waals surface area contributed by atoms with Crippen LogP contribution in [0.25, 0.3) is 0 Å². The average molecular weight is 157 g/mol. The van der Waals surface area contributed by atoms with E-state index in [1.54, 1.807) is 7.11 Å². The molecule has 3 heteroatoms. The van der Waals surface area contributed by atoms with E-state index in [2.05, 4.69) is 4.90 Å². The van der Waals surface area contributed by atoms with Gasteiger partial charge in [-0.2, -0.15) is 0 Å². The van der Waals surface area contributed by atoms with Gasteiger partial charge in [-0.05, 0) is 13.3 Å². The molecule has 0 radical (unpaired) electrons. The van der Waals surface area contributed by atoms with Crippen molar-refractivity contribution in [1.82, 2.24) is 4.90 Å². The molecule has 0 N–H and O–H groups in total. The lowest BCUT2D eigenvalue weighted by atomic mass is 10.3. The van der Waals surface area contributed by atoms with Crippen molar-refractivity contribution in [3.05, 3.63) is 0 Å². The third-order valence-electron chi connectivity index (χ3n) is 2.28. The molecule has 0 aromatic heterocycles. The van der Waals surface area contributed by atoms with Crippen molar-refractivity contribution >= 4 is 6.29 Å². The average Bonchev–Trinajstić information content (AvgIpc) is 2.50. The molecule has 1 rings (SSSR count). The van der Waals surface area contributed by atoms with E-state index in [0.717, 1.165) is 25.8 Å². The summed E-state index contributed by atoms with van der Waals surface area (Å²) in [5, 5.41) is 0. The SMILES string of the molecule is COC1CCN(C(C)C=O)C1. The van der Waals surface area contributed by atoms with E-state index < -0.39 is 0 Å². The third-order valence-corrected chi connectivity index (χ3v) is 2.28. The minimum atomic E-state index is 0.0511. The molecule has 11 heavy (non-hydrogen) atoms. The van der Waals surface area contributed by atoms with E-state index in [-0.39, 0.29) is 6.04 Å². The summed E-state index contributed by atoms with van der Waals surface area (Å²) in [4.78, 5) is 12.5. The van der Waals surface area contributed by atoms with E-state index in [1.807, 2.05) is 6.92 Å². The number of rotatable bonds is 3. The van der Waals surface area contributed by atoms with Crippen LogP contribution in [0.2, 0.25) is 0 Å². The lowest BCUT2D eigenvalue weighted by molar-refractivity contribution is -0.111. The van der Waals surface area contributed by atoms with Gasteiger partial charge in [0, 0.05) is 20.2 Å². The predicted octanol–water partition coefficient (Wildman–Crippen LogP) is 0.294. The molecule has 2 atom stereocenters. The number of methoxy groups -OCH3 is 1. The molecule has 3 nitrogen and oxygen atoms in total. The first kappa shape index (κ1) is 8.68. The first-order valence-electron chi connectivity index (χ1n) is 4.00. The quantitative estimate of drug-likeness (QED) is 0.552. The molecular weight excluding hydrogens is 142 g/mol. The zero-order valence-corrected chi connectivity index (χ0v) is 7.12. The van der Waals surface area contributed by atoms with Gasteiger partial charge in [-0.25, -0.2) is 0 Å². The van der Waals surface area contributed by atoms with Gasteiger partial charge in [-0.15, -0.1) is 0 Å². The van der Waals surface area contributed by atoms with Gasteiger partial charge in [-0.3, -0.25) is 4.90 Å². The Hall–Kier alpha value is -0.410. The molecule has 1 fully saturated rings. The Bertz CT molecular complexity index is 138. The molecule has 0 aromatic carbocycles. The highest BCUT2D eigenvalue weighted by Gasteiger charge is 2.24. The van der Waals surface area contributed by atoms with Crippen LogP contribution in [0.4, 0.5) is 0 Å². The molecule has 64 valence electrons. The summed E-state index contributed by atoms with van der Waals surface area (Å²) < 4.78 is 5.18. The van der Waals surface area contributed by atoms with Crippen LogP contribution >= 0.6 is 0 Å². The number of ether oxygens (including phenoxy) is 1. The van der Waals surface area contributed by atoms with Gasteiger partial charge in [0.05, 0.1) is 12.1 Å². The molecule has 0 spiro atoms. The zero-order valence-electron chi connectivity index (χ0n) is 7.12. The Kier molecular flexibility index (Phi) is 3.02. The first-order chi connectivity index (χ1) is 5.27. The minimum Gasteiger partial charge on any atom is -0.380 e. The molecule has 0 bridgehead atoms. The summed E-state index contributed by atoms with van der Waals surface area (Å²) in [6, 6.07) is 0.0511. The number of hydrogen-bond acceptors (Lipinski definition) is 3. The molecule has 1 saturated heterocycles. The van der Waals surface area contributed by atoms with Crippen LogP contribution < -0.4 is 0 Å². The van der Waals surface area contributed by atoms with Crippen molar-refractivity contribution in [2.24, 2.45) is 0 Å². The smallest absolute Gasteiger partial charge is 0.136 e. The number of aldehydes is 1. The van der Waals surface area contributed by atoms with Gasteiger partial charge in [-0.1, -0.05) is 0 Å². The number of nitrogens with zero attached hydrogens (tertiary/aromatic N) is 1. The van der Waals surface area contributed by atoms with Crippen molar-refractivity contribution in [3.8, 4) is 0 Å². The van der Waals surface area contributed by atoms with Crippen molar-refractivity contribution in [2.75, 3.05) is 20.2 Å². The molecule has 0 aliphatic carbocycles. The maximum atomic E-state index is 10.4. The van der Waals surface area contributed by atoms with E-state index in [1.165, 1.54) is 0 Å². The fourth-order valence-electron chi connectivity index (χ4n) is 1.40. The van der Waals surface area contributed by atoms with Crippen molar-refractivity contribution < 1.29 is 9.53 Å². The highest BCUT2D eigenvalue weighted by atomic mass is 16.5. The van der Waals surface area contributed by atoms with Crippen LogP contribution in [0.1, 0.15) is 13.3 Å². The summed E-state index contributed by atoms with van der Waals surface area (Å²) in [6.07, 6.45) is 2.37. The topological polar surface area (TPSA) is 29.5 Å². The van der Waals surface area contributed by atoms with Crippen molar-refractivity contribution in [1.29, 1.82) is 0 Å².